The average Bonchev–Trinajstić information content (AvgIpc) is 3.10. The number of ether oxygens (including phenoxy) is 1. The number of carbonyl (C=O) groups is 1. The van der Waals surface area contributed by atoms with Crippen LogP contribution in [0.2, 0.25) is 0 Å². The van der Waals surface area contributed by atoms with Crippen molar-refractivity contribution in [1.29, 1.82) is 0 Å². The fraction of sp³-hybridized carbons (Fsp3) is 0.667. The van der Waals surface area contributed by atoms with Crippen LogP contribution in [0.3, 0.4) is 0 Å². The van der Waals surface area contributed by atoms with Crippen molar-refractivity contribution in [3.05, 3.63) is 23.9 Å². The van der Waals surface area contributed by atoms with Gasteiger partial charge in [-0.3, -0.25) is 9.79 Å². The number of nitrogens with one attached hydrogen (secondary N) is 1. The van der Waals surface area contributed by atoms with E-state index in [2.05, 4.69) is 51.1 Å². The molecule has 2 aliphatic heterocycles. The Labute approximate surface area is 168 Å². The van der Waals surface area contributed by atoms with E-state index in [1.165, 1.54) is 20.0 Å². The van der Waals surface area contributed by atoms with Crippen LogP contribution in [0.15, 0.2) is 23.3 Å². The summed E-state index contributed by atoms with van der Waals surface area (Å²) in [4.78, 5) is 25.5. The van der Waals surface area contributed by atoms with Crippen LogP contribution < -0.4 is 10.2 Å². The molecule has 2 saturated heterocycles. The molecule has 154 valence electrons. The van der Waals surface area contributed by atoms with E-state index in [-0.39, 0.29) is 17.8 Å². The molecule has 0 spiro atoms. The second kappa shape index (κ2) is 9.26. The molecule has 0 aromatic carbocycles. The van der Waals surface area contributed by atoms with Gasteiger partial charge < -0.3 is 19.9 Å². The molecule has 3 rings (SSSR count). The maximum Gasteiger partial charge on any atom is 0.310 e. The van der Waals surface area contributed by atoms with Crippen LogP contribution in [0.5, 0.6) is 0 Å². The maximum atomic E-state index is 11.9. The van der Waals surface area contributed by atoms with Crippen molar-refractivity contribution >= 4 is 17.7 Å². The normalized spacial score (nSPS) is 23.8. The Morgan fingerprint density at radius 2 is 2.04 bits per heavy atom. The van der Waals surface area contributed by atoms with Gasteiger partial charge >= 0.3 is 5.97 Å². The molecule has 1 aromatic heterocycles. The molecule has 3 heterocycles. The van der Waals surface area contributed by atoms with Crippen molar-refractivity contribution in [2.75, 3.05) is 45.2 Å². The zero-order valence-electron chi connectivity index (χ0n) is 17.5. The summed E-state index contributed by atoms with van der Waals surface area (Å²) >= 11 is 0. The molecule has 0 radical (unpaired) electrons. The number of likely N-dealkylation sites (tertiary alicyclic amines) is 1. The van der Waals surface area contributed by atoms with Gasteiger partial charge in [0.15, 0.2) is 5.96 Å². The number of nitrogens with zero attached hydrogens (tertiary/aromatic N) is 4. The summed E-state index contributed by atoms with van der Waals surface area (Å²) < 4.78 is 4.92. The van der Waals surface area contributed by atoms with E-state index < -0.39 is 0 Å². The van der Waals surface area contributed by atoms with Crippen LogP contribution in [0, 0.1) is 17.8 Å². The van der Waals surface area contributed by atoms with Crippen molar-refractivity contribution in [2.24, 2.45) is 22.7 Å². The molecule has 0 amide bonds. The van der Waals surface area contributed by atoms with Crippen LogP contribution >= 0.6 is 0 Å². The fourth-order valence-electron chi connectivity index (χ4n) is 4.06. The Bertz CT molecular complexity index is 683. The summed E-state index contributed by atoms with van der Waals surface area (Å²) in [7, 11) is 3.23. The Hall–Kier alpha value is -2.31. The molecule has 2 aliphatic rings. The number of guanidine groups is 1. The van der Waals surface area contributed by atoms with E-state index in [0.717, 1.165) is 42.9 Å². The highest BCUT2D eigenvalue weighted by molar-refractivity contribution is 5.82. The third-order valence-electron chi connectivity index (χ3n) is 5.99. The second-order valence-electron chi connectivity index (χ2n) is 8.11. The number of anilines is 1. The number of piperidine rings is 1. The van der Waals surface area contributed by atoms with E-state index in [4.69, 9.17) is 4.74 Å². The summed E-state index contributed by atoms with van der Waals surface area (Å²) in [5, 5.41) is 3.40. The molecule has 1 N–H and O–H groups in total. The number of rotatable bonds is 4. The van der Waals surface area contributed by atoms with E-state index in [0.29, 0.717) is 13.1 Å². The highest BCUT2D eigenvalue weighted by atomic mass is 16.5. The van der Waals surface area contributed by atoms with Crippen LogP contribution in [0.25, 0.3) is 0 Å². The predicted octanol–water partition coefficient (Wildman–Crippen LogP) is 2.13. The Kier molecular flexibility index (Phi) is 6.75. The van der Waals surface area contributed by atoms with Gasteiger partial charge in [0, 0.05) is 46.0 Å². The lowest BCUT2D eigenvalue weighted by atomic mass is 9.99. The lowest BCUT2D eigenvalue weighted by Gasteiger charge is -2.31. The van der Waals surface area contributed by atoms with Crippen molar-refractivity contribution in [1.82, 2.24) is 15.2 Å². The first-order valence-electron chi connectivity index (χ1n) is 10.2. The Morgan fingerprint density at radius 1 is 1.29 bits per heavy atom. The van der Waals surface area contributed by atoms with Gasteiger partial charge in [-0.2, -0.15) is 0 Å². The summed E-state index contributed by atoms with van der Waals surface area (Å²) in [5.74, 6) is 2.70. The van der Waals surface area contributed by atoms with Crippen LogP contribution in [0.1, 0.15) is 32.3 Å². The van der Waals surface area contributed by atoms with Gasteiger partial charge in [-0.15, -0.1) is 0 Å². The van der Waals surface area contributed by atoms with Crippen LogP contribution in [-0.2, 0) is 16.1 Å². The van der Waals surface area contributed by atoms with Gasteiger partial charge in [0.25, 0.3) is 0 Å². The lowest BCUT2D eigenvalue weighted by molar-refractivity contribution is -0.145. The minimum atomic E-state index is -0.141. The average molecular weight is 388 g/mol. The van der Waals surface area contributed by atoms with Crippen molar-refractivity contribution in [3.8, 4) is 0 Å². The van der Waals surface area contributed by atoms with Gasteiger partial charge in [0.05, 0.1) is 13.0 Å². The van der Waals surface area contributed by atoms with E-state index in [1.54, 1.807) is 7.05 Å². The molecular weight excluding hydrogens is 354 g/mol. The second-order valence-corrected chi connectivity index (χ2v) is 8.11. The number of pyridine rings is 1. The molecule has 2 unspecified atom stereocenters. The van der Waals surface area contributed by atoms with E-state index in [9.17, 15) is 4.79 Å². The third kappa shape index (κ3) is 4.75. The first-order chi connectivity index (χ1) is 13.5. The van der Waals surface area contributed by atoms with Crippen LogP contribution in [-0.4, -0.2) is 62.1 Å². The fourth-order valence-corrected chi connectivity index (χ4v) is 4.06. The molecular formula is C21H33N5O2. The van der Waals surface area contributed by atoms with Gasteiger partial charge in [-0.1, -0.05) is 19.9 Å². The molecule has 2 atom stereocenters. The molecule has 0 saturated carbocycles. The molecule has 1 aromatic rings. The smallest absolute Gasteiger partial charge is 0.310 e. The summed E-state index contributed by atoms with van der Waals surface area (Å²) in [6, 6.07) is 4.24. The standard InChI is InChI=1S/C21H33N5O2/c1-15-7-9-25(10-8-15)19-6-5-17(11-23-19)12-24-21(22-3)26-13-16(2)18(14-26)20(27)28-4/h5-6,11,15-16,18H,7-10,12-14H2,1-4H3,(H,22,24). The van der Waals surface area contributed by atoms with Crippen molar-refractivity contribution in [2.45, 2.75) is 33.2 Å². The summed E-state index contributed by atoms with van der Waals surface area (Å²) in [6.45, 7) is 8.67. The van der Waals surface area contributed by atoms with Gasteiger partial charge in [0.2, 0.25) is 0 Å². The highest BCUT2D eigenvalue weighted by Gasteiger charge is 2.36. The SMILES string of the molecule is CN=C(NCc1ccc(N2CCC(C)CC2)nc1)N1CC(C)C(C(=O)OC)C1. The van der Waals surface area contributed by atoms with Gasteiger partial charge in [0.1, 0.15) is 5.82 Å². The highest BCUT2D eigenvalue weighted by Crippen LogP contribution is 2.24. The van der Waals surface area contributed by atoms with Crippen molar-refractivity contribution < 1.29 is 9.53 Å². The molecule has 7 nitrogen and oxygen atoms in total. The minimum Gasteiger partial charge on any atom is -0.469 e. The van der Waals surface area contributed by atoms with Gasteiger partial charge in [-0.05, 0) is 36.3 Å². The van der Waals surface area contributed by atoms with E-state index >= 15 is 0 Å². The zero-order valence-corrected chi connectivity index (χ0v) is 17.5. The number of methoxy groups -OCH3 is 1. The predicted molar refractivity (Wildman–Crippen MR) is 111 cm³/mol. The lowest BCUT2D eigenvalue weighted by Crippen LogP contribution is -2.40. The maximum absolute atomic E-state index is 11.9. The number of hydrogen-bond donors (Lipinski definition) is 1. The Morgan fingerprint density at radius 3 is 2.64 bits per heavy atom. The molecule has 2 fully saturated rings. The first kappa shape index (κ1) is 20.4. The number of aliphatic imine (C=N–C) groups is 1. The van der Waals surface area contributed by atoms with Crippen LogP contribution in [0.4, 0.5) is 5.82 Å². The monoisotopic (exact) mass is 387 g/mol. The number of hydrogen-bond acceptors (Lipinski definition) is 5. The molecule has 0 aliphatic carbocycles. The van der Waals surface area contributed by atoms with Gasteiger partial charge in [-0.25, -0.2) is 4.98 Å². The number of aromatic nitrogens is 1. The quantitative estimate of drug-likeness (QED) is 0.485. The molecule has 0 bridgehead atoms. The molecule has 7 heteroatoms. The van der Waals surface area contributed by atoms with Crippen molar-refractivity contribution in [3.63, 3.8) is 0 Å². The summed E-state index contributed by atoms with van der Waals surface area (Å²) in [5.41, 5.74) is 1.12. The summed E-state index contributed by atoms with van der Waals surface area (Å²) in [6.07, 6.45) is 4.42. The van der Waals surface area contributed by atoms with E-state index in [1.807, 2.05) is 6.20 Å². The topological polar surface area (TPSA) is 70.1 Å². The Balaban J connectivity index is 1.53. The largest absolute Gasteiger partial charge is 0.469 e. The third-order valence-corrected chi connectivity index (χ3v) is 5.99. The zero-order chi connectivity index (χ0) is 20.1. The first-order valence-corrected chi connectivity index (χ1v) is 10.2. The number of esters is 1. The number of carbonyl (C=O) groups excluding carboxylic acids is 1. The minimum absolute atomic E-state index is 0.100. The molecule has 28 heavy (non-hydrogen) atoms.